The number of phenolic OH excluding ortho intramolecular Hbond substituents is 1. The van der Waals surface area contributed by atoms with Crippen LogP contribution in [0, 0.1) is 5.41 Å². The summed E-state index contributed by atoms with van der Waals surface area (Å²) in [4.78, 5) is 36.3. The third-order valence-corrected chi connectivity index (χ3v) is 5.09. The van der Waals surface area contributed by atoms with Crippen molar-refractivity contribution in [3.8, 4) is 11.5 Å². The molecule has 2 rings (SSSR count). The minimum absolute atomic E-state index is 0.0449. The molecule has 0 aliphatic rings. The van der Waals surface area contributed by atoms with E-state index >= 15 is 0 Å². The van der Waals surface area contributed by atoms with E-state index in [0.717, 1.165) is 0 Å². The quantitative estimate of drug-likeness (QED) is 0.384. The van der Waals surface area contributed by atoms with Gasteiger partial charge in [0.25, 0.3) is 5.91 Å². The van der Waals surface area contributed by atoms with E-state index in [4.69, 9.17) is 14.2 Å². The summed E-state index contributed by atoms with van der Waals surface area (Å²) in [6, 6.07) is 12.9. The van der Waals surface area contributed by atoms with E-state index < -0.39 is 29.5 Å². The number of rotatable bonds is 9. The highest BCUT2D eigenvalue weighted by Gasteiger charge is 2.35. The van der Waals surface area contributed by atoms with Gasteiger partial charge < -0.3 is 19.3 Å². The average molecular weight is 462 g/mol. The van der Waals surface area contributed by atoms with Crippen LogP contribution < -0.4 is 10.1 Å². The number of carbonyl (C=O) groups is 3. The summed E-state index contributed by atoms with van der Waals surface area (Å²) in [6.45, 7) is 3.72. The van der Waals surface area contributed by atoms with Crippen molar-refractivity contribution in [3.05, 3.63) is 59.7 Å². The van der Waals surface area contributed by atoms with Crippen molar-refractivity contribution in [2.75, 3.05) is 19.5 Å². The fraction of sp³-hybridized carbons (Fsp3) is 0.348. The topological polar surface area (TPSA) is 111 Å². The predicted molar refractivity (Wildman–Crippen MR) is 121 cm³/mol. The summed E-state index contributed by atoms with van der Waals surface area (Å²) in [6.07, 6.45) is -1.48. The van der Waals surface area contributed by atoms with Crippen molar-refractivity contribution in [1.82, 2.24) is 5.32 Å². The van der Waals surface area contributed by atoms with Crippen LogP contribution in [0.5, 0.6) is 11.5 Å². The molecule has 0 saturated heterocycles. The Morgan fingerprint density at radius 2 is 1.81 bits per heavy atom. The van der Waals surface area contributed by atoms with Crippen LogP contribution >= 0.6 is 12.6 Å². The van der Waals surface area contributed by atoms with Gasteiger partial charge in [0.2, 0.25) is 0 Å². The molecule has 0 fully saturated rings. The van der Waals surface area contributed by atoms with Crippen LogP contribution in [0.2, 0.25) is 0 Å². The SMILES string of the molecule is COc1ccc([C@@H](OC(=O)NC(=O)c2ccccc2)C(C)(C)CCOC(=O)CS)cc1O. The second-order valence-electron chi connectivity index (χ2n) is 7.65. The monoisotopic (exact) mass is 461 g/mol. The summed E-state index contributed by atoms with van der Waals surface area (Å²) in [5.41, 5.74) is 0.0579. The van der Waals surface area contributed by atoms with Crippen molar-refractivity contribution in [2.45, 2.75) is 26.4 Å². The molecule has 1 atom stereocenters. The first-order valence-corrected chi connectivity index (χ1v) is 10.5. The summed E-state index contributed by atoms with van der Waals surface area (Å²) >= 11 is 3.87. The van der Waals surface area contributed by atoms with E-state index in [-0.39, 0.29) is 23.9 Å². The Labute approximate surface area is 192 Å². The standard InChI is InChI=1S/C23H27NO7S/c1-23(2,11-12-30-19(26)14-32)20(16-9-10-18(29-3)17(25)13-16)31-22(28)24-21(27)15-7-5-4-6-8-15/h4-10,13,20,25,32H,11-12,14H2,1-3H3,(H,24,27,28)/t20-/m1/s1. The maximum absolute atomic E-state index is 12.6. The smallest absolute Gasteiger partial charge is 0.414 e. The van der Waals surface area contributed by atoms with E-state index in [1.807, 2.05) is 13.8 Å². The lowest BCUT2D eigenvalue weighted by Gasteiger charge is -2.34. The highest BCUT2D eigenvalue weighted by Crippen LogP contribution is 2.42. The number of hydrogen-bond acceptors (Lipinski definition) is 8. The third kappa shape index (κ3) is 6.91. The van der Waals surface area contributed by atoms with E-state index in [1.54, 1.807) is 42.5 Å². The zero-order chi connectivity index (χ0) is 23.7. The molecule has 2 aromatic rings. The molecule has 32 heavy (non-hydrogen) atoms. The van der Waals surface area contributed by atoms with Gasteiger partial charge in [0.1, 0.15) is 6.10 Å². The van der Waals surface area contributed by atoms with E-state index in [1.165, 1.54) is 13.2 Å². The van der Waals surface area contributed by atoms with Crippen molar-refractivity contribution in [3.63, 3.8) is 0 Å². The number of nitrogens with one attached hydrogen (secondary N) is 1. The van der Waals surface area contributed by atoms with Crippen molar-refractivity contribution >= 4 is 30.6 Å². The molecule has 0 saturated carbocycles. The molecule has 0 aliphatic carbocycles. The second kappa shape index (κ2) is 11.4. The fourth-order valence-electron chi connectivity index (χ4n) is 3.04. The van der Waals surface area contributed by atoms with E-state index in [9.17, 15) is 19.5 Å². The highest BCUT2D eigenvalue weighted by molar-refractivity contribution is 7.81. The van der Waals surface area contributed by atoms with Crippen molar-refractivity contribution < 1.29 is 33.7 Å². The zero-order valence-corrected chi connectivity index (χ0v) is 19.1. The van der Waals surface area contributed by atoms with Gasteiger partial charge in [-0.15, -0.1) is 0 Å². The van der Waals surface area contributed by atoms with Crippen LogP contribution in [0.1, 0.15) is 42.3 Å². The number of esters is 1. The lowest BCUT2D eigenvalue weighted by Crippen LogP contribution is -2.36. The number of ether oxygens (including phenoxy) is 3. The second-order valence-corrected chi connectivity index (χ2v) is 7.97. The van der Waals surface area contributed by atoms with Crippen LogP contribution in [-0.4, -0.2) is 42.5 Å². The lowest BCUT2D eigenvalue weighted by atomic mass is 9.79. The summed E-state index contributed by atoms with van der Waals surface area (Å²) < 4.78 is 15.8. The predicted octanol–water partition coefficient (Wildman–Crippen LogP) is 3.90. The van der Waals surface area contributed by atoms with Crippen LogP contribution in [-0.2, 0) is 14.3 Å². The molecule has 9 heteroatoms. The van der Waals surface area contributed by atoms with Crippen LogP contribution in [0.3, 0.4) is 0 Å². The number of thiol groups is 1. The number of carbonyl (C=O) groups excluding carboxylic acids is 3. The van der Waals surface area contributed by atoms with Crippen LogP contribution in [0.25, 0.3) is 0 Å². The molecule has 0 aliphatic heterocycles. The van der Waals surface area contributed by atoms with Gasteiger partial charge in [0, 0.05) is 11.0 Å². The third-order valence-electron chi connectivity index (χ3n) is 4.83. The number of imide groups is 1. The number of amides is 2. The largest absolute Gasteiger partial charge is 0.504 e. The Bertz CT molecular complexity index is 947. The van der Waals surface area contributed by atoms with E-state index in [0.29, 0.717) is 17.5 Å². The molecular formula is C23H27NO7S. The number of hydrogen-bond donors (Lipinski definition) is 3. The highest BCUT2D eigenvalue weighted by atomic mass is 32.1. The Balaban J connectivity index is 2.23. The molecule has 8 nitrogen and oxygen atoms in total. The average Bonchev–Trinajstić information content (AvgIpc) is 2.77. The van der Waals surface area contributed by atoms with Gasteiger partial charge in [-0.1, -0.05) is 38.1 Å². The Morgan fingerprint density at radius 3 is 2.41 bits per heavy atom. The van der Waals surface area contributed by atoms with Gasteiger partial charge in [0.05, 0.1) is 19.5 Å². The Hall–Kier alpha value is -3.20. The van der Waals surface area contributed by atoms with Crippen LogP contribution in [0.4, 0.5) is 4.79 Å². The van der Waals surface area contributed by atoms with Gasteiger partial charge in [-0.3, -0.25) is 14.9 Å². The van der Waals surface area contributed by atoms with Gasteiger partial charge >= 0.3 is 12.1 Å². The first kappa shape index (κ1) is 25.1. The fourth-order valence-corrected chi connectivity index (χ4v) is 3.14. The summed E-state index contributed by atoms with van der Waals surface area (Å²) in [5, 5.41) is 12.4. The number of methoxy groups -OCH3 is 1. The Kier molecular flexibility index (Phi) is 8.95. The summed E-state index contributed by atoms with van der Waals surface area (Å²) in [5.74, 6) is -0.979. The maximum atomic E-state index is 12.6. The lowest BCUT2D eigenvalue weighted by molar-refractivity contribution is -0.141. The zero-order valence-electron chi connectivity index (χ0n) is 18.2. The minimum atomic E-state index is -0.945. The molecule has 0 unspecified atom stereocenters. The van der Waals surface area contributed by atoms with Gasteiger partial charge in [0.15, 0.2) is 11.5 Å². The number of phenols is 1. The molecule has 0 radical (unpaired) electrons. The summed E-state index contributed by atoms with van der Waals surface area (Å²) in [7, 11) is 1.42. The normalized spacial score (nSPS) is 11.9. The van der Waals surface area contributed by atoms with Crippen molar-refractivity contribution in [2.24, 2.45) is 5.41 Å². The molecule has 2 N–H and O–H groups in total. The Morgan fingerprint density at radius 1 is 1.12 bits per heavy atom. The molecule has 0 spiro atoms. The molecule has 0 bridgehead atoms. The molecule has 2 amide bonds. The minimum Gasteiger partial charge on any atom is -0.504 e. The molecule has 0 heterocycles. The molecule has 172 valence electrons. The molecular weight excluding hydrogens is 434 g/mol. The number of benzene rings is 2. The molecule has 2 aromatic carbocycles. The van der Waals surface area contributed by atoms with E-state index in [2.05, 4.69) is 17.9 Å². The van der Waals surface area contributed by atoms with Gasteiger partial charge in [-0.05, 0) is 36.2 Å². The van der Waals surface area contributed by atoms with Crippen molar-refractivity contribution in [1.29, 1.82) is 0 Å². The maximum Gasteiger partial charge on any atom is 0.414 e. The number of aromatic hydroxyl groups is 1. The van der Waals surface area contributed by atoms with Gasteiger partial charge in [-0.25, -0.2) is 4.79 Å². The first-order valence-electron chi connectivity index (χ1n) is 9.88. The van der Waals surface area contributed by atoms with Gasteiger partial charge in [-0.2, -0.15) is 12.6 Å². The van der Waals surface area contributed by atoms with Crippen LogP contribution in [0.15, 0.2) is 48.5 Å². The number of alkyl carbamates (subject to hydrolysis) is 1. The first-order chi connectivity index (χ1) is 15.2. The molecule has 0 aromatic heterocycles.